The van der Waals surface area contributed by atoms with Gasteiger partial charge in [-0.2, -0.15) is 0 Å². The van der Waals surface area contributed by atoms with E-state index >= 15 is 0 Å². The second kappa shape index (κ2) is 4.66. The van der Waals surface area contributed by atoms with Crippen molar-refractivity contribution < 1.29 is 9.90 Å². The van der Waals surface area contributed by atoms with Gasteiger partial charge in [0.2, 0.25) is 0 Å². The summed E-state index contributed by atoms with van der Waals surface area (Å²) in [5, 5.41) is 9.07. The summed E-state index contributed by atoms with van der Waals surface area (Å²) in [5.74, 6) is -0.581. The van der Waals surface area contributed by atoms with Gasteiger partial charge >= 0.3 is 5.97 Å². The van der Waals surface area contributed by atoms with Gasteiger partial charge in [-0.3, -0.25) is 4.79 Å². The van der Waals surface area contributed by atoms with E-state index in [1.54, 1.807) is 0 Å². The lowest BCUT2D eigenvalue weighted by Crippen LogP contribution is -2.25. The zero-order valence-corrected chi connectivity index (χ0v) is 9.23. The Balaban J connectivity index is 1.99. The summed E-state index contributed by atoms with van der Waals surface area (Å²) in [6, 6.07) is 8.27. The Morgan fingerprint density at radius 1 is 1.50 bits per heavy atom. The zero-order valence-electron chi connectivity index (χ0n) is 9.23. The van der Waals surface area contributed by atoms with Crippen LogP contribution in [0.4, 0.5) is 0 Å². The third kappa shape index (κ3) is 2.09. The normalized spacial score (nSPS) is 19.7. The second-order valence-electron chi connectivity index (χ2n) is 4.45. The van der Waals surface area contributed by atoms with Crippen molar-refractivity contribution in [3.63, 3.8) is 0 Å². The Kier molecular flexibility index (Phi) is 3.25. The number of benzene rings is 1. The molecule has 1 aromatic carbocycles. The molecule has 3 heteroatoms. The molecule has 0 heterocycles. The first-order chi connectivity index (χ1) is 7.72. The molecule has 1 aromatic rings. The molecule has 0 bridgehead atoms. The van der Waals surface area contributed by atoms with Crippen LogP contribution in [0.2, 0.25) is 0 Å². The van der Waals surface area contributed by atoms with Crippen molar-refractivity contribution in [3.05, 3.63) is 35.4 Å². The van der Waals surface area contributed by atoms with Gasteiger partial charge in [0.1, 0.15) is 0 Å². The molecule has 0 spiro atoms. The predicted molar refractivity (Wildman–Crippen MR) is 62.3 cm³/mol. The lowest BCUT2D eigenvalue weighted by molar-refractivity contribution is -0.142. The lowest BCUT2D eigenvalue weighted by atomic mass is 9.73. The molecular weight excluding hydrogens is 202 g/mol. The molecule has 2 atom stereocenters. The average molecular weight is 219 g/mol. The third-order valence-electron chi connectivity index (χ3n) is 3.39. The Morgan fingerprint density at radius 3 is 2.88 bits per heavy atom. The highest BCUT2D eigenvalue weighted by atomic mass is 16.4. The summed E-state index contributed by atoms with van der Waals surface area (Å²) >= 11 is 0. The highest BCUT2D eigenvalue weighted by molar-refractivity contribution is 5.70. The largest absolute Gasteiger partial charge is 0.481 e. The van der Waals surface area contributed by atoms with Crippen molar-refractivity contribution >= 4 is 5.97 Å². The molecule has 0 aromatic heterocycles. The first-order valence-corrected chi connectivity index (χ1v) is 5.73. The van der Waals surface area contributed by atoms with Gasteiger partial charge in [0.25, 0.3) is 0 Å². The summed E-state index contributed by atoms with van der Waals surface area (Å²) in [6.45, 7) is 0.450. The summed E-state index contributed by atoms with van der Waals surface area (Å²) in [5.41, 5.74) is 8.12. The van der Waals surface area contributed by atoms with Gasteiger partial charge in [0.05, 0.1) is 5.92 Å². The fourth-order valence-corrected chi connectivity index (χ4v) is 2.46. The van der Waals surface area contributed by atoms with Crippen LogP contribution < -0.4 is 5.73 Å². The molecule has 0 saturated carbocycles. The molecule has 0 radical (unpaired) electrons. The number of hydrogen-bond donors (Lipinski definition) is 2. The number of carboxylic acids is 1. The predicted octanol–water partition coefficient (Wildman–Crippen LogP) is 1.77. The number of nitrogens with two attached hydrogens (primary N) is 1. The maximum Gasteiger partial charge on any atom is 0.306 e. The lowest BCUT2D eigenvalue weighted by Gasteiger charge is -2.31. The van der Waals surface area contributed by atoms with Gasteiger partial charge in [0.15, 0.2) is 0 Å². The van der Waals surface area contributed by atoms with Crippen LogP contribution in [0.25, 0.3) is 0 Å². The molecule has 1 aliphatic carbocycles. The SMILES string of the molecule is NCCC(CC1Cc2ccccc21)C(=O)O. The molecule has 2 rings (SSSR count). The molecular formula is C13H17NO2. The number of rotatable bonds is 5. The van der Waals surface area contributed by atoms with Crippen LogP contribution in [0, 0.1) is 5.92 Å². The van der Waals surface area contributed by atoms with Crippen LogP contribution in [-0.2, 0) is 11.2 Å². The first kappa shape index (κ1) is 11.1. The topological polar surface area (TPSA) is 63.3 Å². The van der Waals surface area contributed by atoms with Gasteiger partial charge in [-0.25, -0.2) is 0 Å². The van der Waals surface area contributed by atoms with Crippen molar-refractivity contribution in [1.29, 1.82) is 0 Å². The number of aliphatic carboxylic acids is 1. The van der Waals surface area contributed by atoms with E-state index in [4.69, 9.17) is 10.8 Å². The fourth-order valence-electron chi connectivity index (χ4n) is 2.46. The number of hydrogen-bond acceptors (Lipinski definition) is 2. The molecule has 0 saturated heterocycles. The van der Waals surface area contributed by atoms with Crippen molar-refractivity contribution in [2.24, 2.45) is 11.7 Å². The van der Waals surface area contributed by atoms with E-state index in [2.05, 4.69) is 12.1 Å². The molecule has 2 unspecified atom stereocenters. The molecule has 16 heavy (non-hydrogen) atoms. The quantitative estimate of drug-likeness (QED) is 0.793. The minimum Gasteiger partial charge on any atom is -0.481 e. The minimum absolute atomic E-state index is 0.289. The van der Waals surface area contributed by atoms with E-state index in [1.165, 1.54) is 11.1 Å². The Bertz CT molecular complexity index is 389. The zero-order chi connectivity index (χ0) is 11.5. The van der Waals surface area contributed by atoms with E-state index in [0.29, 0.717) is 18.9 Å². The molecule has 1 aliphatic rings. The molecule has 86 valence electrons. The van der Waals surface area contributed by atoms with Crippen molar-refractivity contribution in [3.8, 4) is 0 Å². The number of fused-ring (bicyclic) bond motifs is 1. The average Bonchev–Trinajstić information content (AvgIpc) is 2.24. The Morgan fingerprint density at radius 2 is 2.25 bits per heavy atom. The van der Waals surface area contributed by atoms with Crippen LogP contribution in [0.5, 0.6) is 0 Å². The van der Waals surface area contributed by atoms with Gasteiger partial charge in [-0.15, -0.1) is 0 Å². The summed E-state index contributed by atoms with van der Waals surface area (Å²) in [6.07, 6.45) is 2.32. The maximum atomic E-state index is 11.0. The van der Waals surface area contributed by atoms with E-state index in [1.807, 2.05) is 12.1 Å². The van der Waals surface area contributed by atoms with Crippen LogP contribution in [-0.4, -0.2) is 17.6 Å². The van der Waals surface area contributed by atoms with Gasteiger partial charge < -0.3 is 10.8 Å². The summed E-state index contributed by atoms with van der Waals surface area (Å²) in [7, 11) is 0. The van der Waals surface area contributed by atoms with Crippen LogP contribution in [0.15, 0.2) is 24.3 Å². The van der Waals surface area contributed by atoms with Crippen LogP contribution in [0.1, 0.15) is 29.9 Å². The van der Waals surface area contributed by atoms with Crippen LogP contribution in [0.3, 0.4) is 0 Å². The van der Waals surface area contributed by atoms with Crippen molar-refractivity contribution in [2.45, 2.75) is 25.2 Å². The van der Waals surface area contributed by atoms with Crippen molar-refractivity contribution in [1.82, 2.24) is 0 Å². The second-order valence-corrected chi connectivity index (χ2v) is 4.45. The highest BCUT2D eigenvalue weighted by Gasteiger charge is 2.30. The minimum atomic E-state index is -0.713. The number of carboxylic acid groups (broad SMARTS) is 1. The maximum absolute atomic E-state index is 11.0. The summed E-state index contributed by atoms with van der Waals surface area (Å²) < 4.78 is 0. The fraction of sp³-hybridized carbons (Fsp3) is 0.462. The number of carbonyl (C=O) groups is 1. The molecule has 3 nitrogen and oxygen atoms in total. The molecule has 0 fully saturated rings. The van der Waals surface area contributed by atoms with E-state index in [0.717, 1.165) is 12.8 Å². The molecule has 0 aliphatic heterocycles. The van der Waals surface area contributed by atoms with Crippen molar-refractivity contribution in [2.75, 3.05) is 6.54 Å². The van der Waals surface area contributed by atoms with E-state index < -0.39 is 5.97 Å². The monoisotopic (exact) mass is 219 g/mol. The van der Waals surface area contributed by atoms with Crippen LogP contribution >= 0.6 is 0 Å². The van der Waals surface area contributed by atoms with Gasteiger partial charge in [-0.1, -0.05) is 24.3 Å². The molecule has 0 amide bonds. The Labute approximate surface area is 95.3 Å². The van der Waals surface area contributed by atoms with E-state index in [-0.39, 0.29) is 5.92 Å². The highest BCUT2D eigenvalue weighted by Crippen LogP contribution is 2.39. The summed E-state index contributed by atoms with van der Waals surface area (Å²) in [4.78, 5) is 11.0. The first-order valence-electron chi connectivity index (χ1n) is 5.73. The standard InChI is InChI=1S/C13H17NO2/c14-6-5-10(13(15)16)8-11-7-9-3-1-2-4-12(9)11/h1-4,10-11H,5-8,14H2,(H,15,16). The van der Waals surface area contributed by atoms with E-state index in [9.17, 15) is 4.79 Å². The molecule has 3 N–H and O–H groups in total. The third-order valence-corrected chi connectivity index (χ3v) is 3.39. The Hall–Kier alpha value is -1.35. The van der Waals surface area contributed by atoms with Gasteiger partial charge in [-0.05, 0) is 42.9 Å². The smallest absolute Gasteiger partial charge is 0.306 e. The van der Waals surface area contributed by atoms with Gasteiger partial charge in [0, 0.05) is 0 Å².